The molecule has 8 heteroatoms. The predicted molar refractivity (Wildman–Crippen MR) is 108 cm³/mol. The Bertz CT molecular complexity index is 940. The van der Waals surface area contributed by atoms with Gasteiger partial charge in [0.2, 0.25) is 9.84 Å². The Balaban J connectivity index is 1.85. The number of ether oxygens (including phenoxy) is 2. The number of benzene rings is 2. The number of rotatable bonds is 7. The van der Waals surface area contributed by atoms with Crippen LogP contribution in [0.2, 0.25) is 0 Å². The molecule has 0 aromatic heterocycles. The first-order valence-corrected chi connectivity index (χ1v) is 10.9. The number of aryl methyl sites for hydroxylation is 1. The monoisotopic (exact) mass is 425 g/mol. The third-order valence-corrected chi connectivity index (χ3v) is 6.82. The van der Waals surface area contributed by atoms with E-state index < -0.39 is 15.6 Å². The Morgan fingerprint density at radius 3 is 2.38 bits per heavy atom. The van der Waals surface area contributed by atoms with Crippen molar-refractivity contribution in [2.75, 3.05) is 32.2 Å². The third-order valence-electron chi connectivity index (χ3n) is 5.42. The van der Waals surface area contributed by atoms with E-state index in [0.29, 0.717) is 25.4 Å². The molecule has 5 nitrogen and oxygen atoms in total. The maximum atomic E-state index is 12.7. The molecule has 1 aliphatic heterocycles. The van der Waals surface area contributed by atoms with Crippen molar-refractivity contribution in [1.82, 2.24) is 0 Å². The van der Waals surface area contributed by atoms with Gasteiger partial charge in [-0.05, 0) is 50.1 Å². The second kappa shape index (κ2) is 8.67. The molecule has 2 aromatic carbocycles. The van der Waals surface area contributed by atoms with Crippen LogP contribution in [0.15, 0.2) is 47.4 Å². The molecule has 3 rings (SSSR count). The molecular weight excluding hydrogens is 400 g/mol. The second-order valence-corrected chi connectivity index (χ2v) is 9.20. The number of methoxy groups -OCH3 is 1. The van der Waals surface area contributed by atoms with Crippen molar-refractivity contribution in [3.05, 3.63) is 53.6 Å². The van der Waals surface area contributed by atoms with Gasteiger partial charge in [-0.3, -0.25) is 0 Å². The third kappa shape index (κ3) is 4.53. The highest BCUT2D eigenvalue weighted by atomic mass is 32.2. The number of nitrogens with one attached hydrogen (secondary N) is 1. The minimum Gasteiger partial charge on any atom is -0.496 e. The molecule has 1 fully saturated rings. The van der Waals surface area contributed by atoms with Crippen molar-refractivity contribution in [2.24, 2.45) is 0 Å². The van der Waals surface area contributed by atoms with Crippen molar-refractivity contribution >= 4 is 15.5 Å². The molecule has 0 spiro atoms. The lowest BCUT2D eigenvalue weighted by Crippen LogP contribution is -2.40. The first-order chi connectivity index (χ1) is 13.8. The molecule has 1 heterocycles. The summed E-state index contributed by atoms with van der Waals surface area (Å²) in [4.78, 5) is -0.390. The minimum absolute atomic E-state index is 0.219. The lowest BCUT2D eigenvalue weighted by atomic mass is 9.73. The Morgan fingerprint density at radius 1 is 1.14 bits per heavy atom. The lowest BCUT2D eigenvalue weighted by Gasteiger charge is -2.39. The molecule has 0 unspecified atom stereocenters. The smallest absolute Gasteiger partial charge is 0.341 e. The highest BCUT2D eigenvalue weighted by Crippen LogP contribution is 2.40. The Kier molecular flexibility index (Phi) is 6.43. The lowest BCUT2D eigenvalue weighted by molar-refractivity contribution is 0.0535. The van der Waals surface area contributed by atoms with Crippen molar-refractivity contribution in [2.45, 2.75) is 35.8 Å². The molecule has 0 radical (unpaired) electrons. The minimum atomic E-state index is -4.59. The largest absolute Gasteiger partial charge is 0.496 e. The van der Waals surface area contributed by atoms with Gasteiger partial charge in [0.15, 0.2) is 0 Å². The molecule has 158 valence electrons. The zero-order chi connectivity index (χ0) is 21.1. The van der Waals surface area contributed by atoms with E-state index in [1.165, 1.54) is 24.3 Å². The quantitative estimate of drug-likeness (QED) is 0.722. The number of hydrogen-bond donors (Lipinski definition) is 1. The molecule has 29 heavy (non-hydrogen) atoms. The van der Waals surface area contributed by atoms with Crippen molar-refractivity contribution in [3.8, 4) is 5.75 Å². The topological polar surface area (TPSA) is 64.6 Å². The Hall–Kier alpha value is -2.19. The molecule has 2 aromatic rings. The van der Waals surface area contributed by atoms with Crippen LogP contribution < -0.4 is 10.1 Å². The fraction of sp³-hybridized carbons (Fsp3) is 0.429. The zero-order valence-electron chi connectivity index (χ0n) is 16.5. The first-order valence-electron chi connectivity index (χ1n) is 9.37. The van der Waals surface area contributed by atoms with Gasteiger partial charge in [-0.1, -0.05) is 17.7 Å². The van der Waals surface area contributed by atoms with Crippen molar-refractivity contribution in [1.29, 1.82) is 0 Å². The maximum absolute atomic E-state index is 12.7. The molecule has 0 bridgehead atoms. The molecule has 1 N–H and O–H groups in total. The summed E-state index contributed by atoms with van der Waals surface area (Å²) in [6, 6.07) is 11.5. The molecular formula is C21H25F2NO4S. The van der Waals surface area contributed by atoms with Gasteiger partial charge in [-0.15, -0.1) is 0 Å². The van der Waals surface area contributed by atoms with E-state index in [1.807, 2.05) is 19.1 Å². The second-order valence-electron chi connectivity index (χ2n) is 7.28. The molecule has 0 amide bonds. The summed E-state index contributed by atoms with van der Waals surface area (Å²) in [5.74, 6) is -2.61. The maximum Gasteiger partial charge on any atom is 0.341 e. The highest BCUT2D eigenvalue weighted by Gasteiger charge is 2.37. The fourth-order valence-electron chi connectivity index (χ4n) is 3.68. The van der Waals surface area contributed by atoms with E-state index in [4.69, 9.17) is 9.47 Å². The van der Waals surface area contributed by atoms with Crippen LogP contribution in [0.25, 0.3) is 0 Å². The fourth-order valence-corrected chi connectivity index (χ4v) is 4.40. The van der Waals surface area contributed by atoms with Gasteiger partial charge in [0, 0.05) is 36.4 Å². The van der Waals surface area contributed by atoms with Gasteiger partial charge < -0.3 is 14.8 Å². The van der Waals surface area contributed by atoms with E-state index in [1.54, 1.807) is 7.11 Å². The normalized spacial score (nSPS) is 16.6. The Morgan fingerprint density at radius 2 is 1.79 bits per heavy atom. The highest BCUT2D eigenvalue weighted by molar-refractivity contribution is 7.91. The van der Waals surface area contributed by atoms with Crippen LogP contribution in [0.4, 0.5) is 14.5 Å². The van der Waals surface area contributed by atoms with Gasteiger partial charge in [-0.25, -0.2) is 8.42 Å². The summed E-state index contributed by atoms with van der Waals surface area (Å²) < 4.78 is 59.8. The number of sulfone groups is 1. The zero-order valence-corrected chi connectivity index (χ0v) is 17.3. The summed E-state index contributed by atoms with van der Waals surface area (Å²) in [6.45, 7) is 3.87. The van der Waals surface area contributed by atoms with Crippen LogP contribution in [0.1, 0.15) is 24.0 Å². The summed E-state index contributed by atoms with van der Waals surface area (Å²) in [5.41, 5.74) is 2.68. The SMILES string of the molecule is COc1ccc(C)cc1C1(CNc2ccc(S(=O)(=O)C(F)F)cc2)CCOCC1. The molecule has 1 saturated heterocycles. The van der Waals surface area contributed by atoms with E-state index >= 15 is 0 Å². The predicted octanol–water partition coefficient (Wildman–Crippen LogP) is 4.16. The standard InChI is InChI=1S/C21H25F2NO4S/c1-15-3-8-19(27-2)18(13-15)21(9-11-28-12-10-21)14-24-16-4-6-17(7-5-16)29(25,26)20(22)23/h3-8,13,20,24H,9-12,14H2,1-2H3. The van der Waals surface area contributed by atoms with Crippen molar-refractivity contribution in [3.63, 3.8) is 0 Å². The Labute approximate surface area is 170 Å². The van der Waals surface area contributed by atoms with Crippen molar-refractivity contribution < 1.29 is 26.7 Å². The molecule has 1 aliphatic rings. The number of alkyl halides is 2. The van der Waals surface area contributed by atoms with E-state index in [-0.39, 0.29) is 10.3 Å². The van der Waals surface area contributed by atoms with Crippen LogP contribution >= 0.6 is 0 Å². The summed E-state index contributed by atoms with van der Waals surface area (Å²) >= 11 is 0. The number of halogens is 2. The van der Waals surface area contributed by atoms with E-state index in [9.17, 15) is 17.2 Å². The van der Waals surface area contributed by atoms with E-state index in [2.05, 4.69) is 11.4 Å². The average molecular weight is 425 g/mol. The van der Waals surface area contributed by atoms with Crippen LogP contribution in [0, 0.1) is 6.92 Å². The summed E-state index contributed by atoms with van der Waals surface area (Å²) in [7, 11) is -2.94. The van der Waals surface area contributed by atoms with Crippen LogP contribution in [0.3, 0.4) is 0 Å². The average Bonchev–Trinajstić information content (AvgIpc) is 2.73. The van der Waals surface area contributed by atoms with Gasteiger partial charge in [0.25, 0.3) is 0 Å². The van der Waals surface area contributed by atoms with Gasteiger partial charge >= 0.3 is 5.76 Å². The van der Waals surface area contributed by atoms with Gasteiger partial charge in [-0.2, -0.15) is 8.78 Å². The number of anilines is 1. The van der Waals surface area contributed by atoms with Crippen LogP contribution in [-0.2, 0) is 20.0 Å². The first kappa shape index (κ1) is 21.5. The van der Waals surface area contributed by atoms with E-state index in [0.717, 1.165) is 29.7 Å². The van der Waals surface area contributed by atoms with Crippen LogP contribution in [-0.4, -0.2) is 41.0 Å². The number of hydrogen-bond acceptors (Lipinski definition) is 5. The molecule has 0 atom stereocenters. The molecule has 0 aliphatic carbocycles. The summed E-state index contributed by atoms with van der Waals surface area (Å²) in [6.07, 6.45) is 1.61. The van der Waals surface area contributed by atoms with Crippen LogP contribution in [0.5, 0.6) is 5.75 Å². The van der Waals surface area contributed by atoms with Gasteiger partial charge in [0.1, 0.15) is 5.75 Å². The molecule has 0 saturated carbocycles. The summed E-state index contributed by atoms with van der Waals surface area (Å²) in [5, 5.41) is 3.34. The van der Waals surface area contributed by atoms with Gasteiger partial charge in [0.05, 0.1) is 12.0 Å².